The van der Waals surface area contributed by atoms with Crippen LogP contribution >= 0.6 is 0 Å². The summed E-state index contributed by atoms with van der Waals surface area (Å²) in [6, 6.07) is 0.345. The number of rotatable bonds is 4. The van der Waals surface area contributed by atoms with E-state index in [-0.39, 0.29) is 5.91 Å². The Bertz CT molecular complexity index is 265. The third-order valence-corrected chi connectivity index (χ3v) is 3.77. The van der Waals surface area contributed by atoms with Gasteiger partial charge in [0.25, 0.3) is 0 Å². The van der Waals surface area contributed by atoms with Crippen molar-refractivity contribution in [2.24, 2.45) is 5.92 Å². The van der Waals surface area contributed by atoms with Gasteiger partial charge in [0, 0.05) is 19.1 Å². The Morgan fingerprint density at radius 1 is 1.35 bits per heavy atom. The van der Waals surface area contributed by atoms with Crippen molar-refractivity contribution in [2.45, 2.75) is 32.2 Å². The van der Waals surface area contributed by atoms with Crippen molar-refractivity contribution in [3.63, 3.8) is 0 Å². The van der Waals surface area contributed by atoms with Crippen molar-refractivity contribution >= 4 is 5.91 Å². The highest BCUT2D eigenvalue weighted by Crippen LogP contribution is 2.27. The number of amides is 1. The van der Waals surface area contributed by atoms with Crippen LogP contribution in [0.2, 0.25) is 0 Å². The first-order chi connectivity index (χ1) is 8.16. The first-order valence-corrected chi connectivity index (χ1v) is 6.85. The van der Waals surface area contributed by atoms with Crippen LogP contribution in [0.15, 0.2) is 0 Å². The molecule has 1 atom stereocenters. The molecule has 0 aromatic heterocycles. The smallest absolute Gasteiger partial charge is 0.236 e. The van der Waals surface area contributed by atoms with Crippen LogP contribution in [0, 0.1) is 5.92 Å². The van der Waals surface area contributed by atoms with Gasteiger partial charge in [0.1, 0.15) is 0 Å². The van der Waals surface area contributed by atoms with Crippen LogP contribution in [0.5, 0.6) is 0 Å². The number of carbonyl (C=O) groups excluding carboxylic acids is 1. The van der Waals surface area contributed by atoms with Crippen LogP contribution in [0.25, 0.3) is 0 Å². The van der Waals surface area contributed by atoms with E-state index in [4.69, 9.17) is 0 Å². The monoisotopic (exact) mass is 239 g/mol. The van der Waals surface area contributed by atoms with Gasteiger partial charge >= 0.3 is 0 Å². The molecule has 98 valence electrons. The van der Waals surface area contributed by atoms with Gasteiger partial charge < -0.3 is 15.1 Å². The molecule has 1 heterocycles. The molecule has 2 rings (SSSR count). The van der Waals surface area contributed by atoms with Gasteiger partial charge in [0.15, 0.2) is 0 Å². The van der Waals surface area contributed by atoms with Gasteiger partial charge in [-0.2, -0.15) is 0 Å². The molecule has 4 nitrogen and oxygen atoms in total. The third kappa shape index (κ3) is 3.96. The number of likely N-dealkylation sites (N-methyl/N-ethyl adjacent to an activating group) is 1. The fourth-order valence-electron chi connectivity index (χ4n) is 2.55. The summed E-state index contributed by atoms with van der Waals surface area (Å²) in [4.78, 5) is 16.5. The normalized spacial score (nSPS) is 26.9. The summed E-state index contributed by atoms with van der Waals surface area (Å²) in [6.07, 6.45) is 3.77. The third-order valence-electron chi connectivity index (χ3n) is 3.77. The van der Waals surface area contributed by atoms with Gasteiger partial charge in [0.2, 0.25) is 5.91 Å². The van der Waals surface area contributed by atoms with Crippen molar-refractivity contribution in [3.8, 4) is 0 Å². The molecule has 0 radical (unpaired) electrons. The lowest BCUT2D eigenvalue weighted by Crippen LogP contribution is -2.45. The second-order valence-corrected chi connectivity index (χ2v) is 5.63. The molecule has 2 fully saturated rings. The first-order valence-electron chi connectivity index (χ1n) is 6.85. The summed E-state index contributed by atoms with van der Waals surface area (Å²) >= 11 is 0. The van der Waals surface area contributed by atoms with E-state index in [1.807, 2.05) is 4.90 Å². The number of hydrogen-bond acceptors (Lipinski definition) is 3. The van der Waals surface area contributed by atoms with Crippen LogP contribution in [0.4, 0.5) is 0 Å². The molecule has 1 amide bonds. The van der Waals surface area contributed by atoms with E-state index in [1.54, 1.807) is 0 Å². The van der Waals surface area contributed by atoms with E-state index >= 15 is 0 Å². The molecule has 0 bridgehead atoms. The standard InChI is InChI=1S/C13H25N3O/c1-11-10-15(2)6-3-7-16(11)13(17)9-14-8-12-4-5-12/h11-12,14H,3-10H2,1-2H3. The van der Waals surface area contributed by atoms with Gasteiger partial charge in [-0.3, -0.25) is 4.79 Å². The predicted octanol–water partition coefficient (Wildman–Crippen LogP) is 0.539. The van der Waals surface area contributed by atoms with Crippen LogP contribution < -0.4 is 5.32 Å². The Balaban J connectivity index is 1.75. The zero-order chi connectivity index (χ0) is 12.3. The number of nitrogens with one attached hydrogen (secondary N) is 1. The average molecular weight is 239 g/mol. The zero-order valence-electron chi connectivity index (χ0n) is 11.1. The lowest BCUT2D eigenvalue weighted by atomic mass is 10.2. The average Bonchev–Trinajstić information content (AvgIpc) is 3.07. The van der Waals surface area contributed by atoms with Crippen molar-refractivity contribution in [3.05, 3.63) is 0 Å². The Labute approximate surface area is 104 Å². The van der Waals surface area contributed by atoms with Crippen LogP contribution in [0.1, 0.15) is 26.2 Å². The van der Waals surface area contributed by atoms with Crippen LogP contribution in [-0.4, -0.2) is 61.5 Å². The number of hydrogen-bond donors (Lipinski definition) is 1. The van der Waals surface area contributed by atoms with E-state index in [2.05, 4.69) is 24.2 Å². The highest BCUT2D eigenvalue weighted by atomic mass is 16.2. The van der Waals surface area contributed by atoms with Gasteiger partial charge in [-0.25, -0.2) is 0 Å². The van der Waals surface area contributed by atoms with Gasteiger partial charge in [0.05, 0.1) is 6.54 Å². The van der Waals surface area contributed by atoms with E-state index in [0.717, 1.165) is 38.5 Å². The minimum absolute atomic E-state index is 0.272. The van der Waals surface area contributed by atoms with Crippen LogP contribution in [0.3, 0.4) is 0 Å². The molecule has 1 N–H and O–H groups in total. The Morgan fingerprint density at radius 3 is 2.82 bits per heavy atom. The molecule has 17 heavy (non-hydrogen) atoms. The quantitative estimate of drug-likeness (QED) is 0.778. The minimum Gasteiger partial charge on any atom is -0.338 e. The lowest BCUT2D eigenvalue weighted by Gasteiger charge is -2.28. The lowest BCUT2D eigenvalue weighted by molar-refractivity contribution is -0.132. The van der Waals surface area contributed by atoms with E-state index in [1.165, 1.54) is 12.8 Å². The number of carbonyl (C=O) groups is 1. The highest BCUT2D eigenvalue weighted by Gasteiger charge is 2.25. The summed E-state index contributed by atoms with van der Waals surface area (Å²) in [7, 11) is 2.13. The summed E-state index contributed by atoms with van der Waals surface area (Å²) in [6.45, 7) is 6.70. The van der Waals surface area contributed by atoms with Crippen LogP contribution in [-0.2, 0) is 4.79 Å². The maximum absolute atomic E-state index is 12.1. The van der Waals surface area contributed by atoms with Gasteiger partial charge in [-0.05, 0) is 52.2 Å². The fourth-order valence-corrected chi connectivity index (χ4v) is 2.55. The van der Waals surface area contributed by atoms with Crippen molar-refractivity contribution in [1.82, 2.24) is 15.1 Å². The van der Waals surface area contributed by atoms with E-state index < -0.39 is 0 Å². The minimum atomic E-state index is 0.272. The van der Waals surface area contributed by atoms with Gasteiger partial charge in [-0.1, -0.05) is 0 Å². The molecule has 1 aliphatic carbocycles. The Morgan fingerprint density at radius 2 is 2.12 bits per heavy atom. The van der Waals surface area contributed by atoms with E-state index in [9.17, 15) is 4.79 Å². The van der Waals surface area contributed by atoms with Gasteiger partial charge in [-0.15, -0.1) is 0 Å². The fraction of sp³-hybridized carbons (Fsp3) is 0.923. The summed E-state index contributed by atoms with van der Waals surface area (Å²) in [5.74, 6) is 1.11. The SMILES string of the molecule is CC1CN(C)CCCN1C(=O)CNCC1CC1. The van der Waals surface area contributed by atoms with Crippen molar-refractivity contribution in [1.29, 1.82) is 0 Å². The summed E-state index contributed by atoms with van der Waals surface area (Å²) < 4.78 is 0. The van der Waals surface area contributed by atoms with E-state index in [0.29, 0.717) is 12.6 Å². The molecular formula is C13H25N3O. The summed E-state index contributed by atoms with van der Waals surface area (Å²) in [5, 5.41) is 3.29. The summed E-state index contributed by atoms with van der Waals surface area (Å²) in [5.41, 5.74) is 0. The molecule has 0 spiro atoms. The molecule has 4 heteroatoms. The second-order valence-electron chi connectivity index (χ2n) is 5.63. The molecule has 2 aliphatic rings. The predicted molar refractivity (Wildman–Crippen MR) is 68.9 cm³/mol. The molecule has 1 aliphatic heterocycles. The Kier molecular flexibility index (Phi) is 4.40. The molecule has 1 saturated carbocycles. The molecule has 0 aromatic rings. The number of nitrogens with zero attached hydrogens (tertiary/aromatic N) is 2. The maximum atomic E-state index is 12.1. The second kappa shape index (κ2) is 5.83. The Hall–Kier alpha value is -0.610. The highest BCUT2D eigenvalue weighted by molar-refractivity contribution is 5.78. The molecule has 0 aromatic carbocycles. The largest absolute Gasteiger partial charge is 0.338 e. The maximum Gasteiger partial charge on any atom is 0.236 e. The van der Waals surface area contributed by atoms with Crippen molar-refractivity contribution < 1.29 is 4.79 Å². The molecule has 1 unspecified atom stereocenters. The zero-order valence-corrected chi connectivity index (χ0v) is 11.1. The topological polar surface area (TPSA) is 35.6 Å². The first kappa shape index (κ1) is 12.8. The van der Waals surface area contributed by atoms with Crippen molar-refractivity contribution in [2.75, 3.05) is 39.8 Å². The molecule has 1 saturated heterocycles. The molecular weight excluding hydrogens is 214 g/mol.